The first-order chi connectivity index (χ1) is 16.5. The van der Waals surface area contributed by atoms with Crippen LogP contribution in [-0.4, -0.2) is 51.6 Å². The standard InChI is InChI=1S/C22H30N3O9P/c1-13(2)32-21(28)15(4)24-35(30,34-16-8-6-5-7-9-16)31-12-18-17(26)10-19(33-18)25-11-14(3)20(27)23-22(25)29/h5-9,11,13,15,17-19,26H,10,12H2,1-4H3,(H,24,30)(H,23,27,29)/t15-,17?,18-,19-,35?/m1/s1. The largest absolute Gasteiger partial charge is 0.462 e. The molecule has 1 aliphatic heterocycles. The van der Waals surface area contributed by atoms with Gasteiger partial charge in [-0.3, -0.25) is 23.7 Å². The number of ether oxygens (including phenoxy) is 2. The molecule has 0 bridgehead atoms. The molecular formula is C22H30N3O9P. The summed E-state index contributed by atoms with van der Waals surface area (Å²) in [5.74, 6) is -0.417. The lowest BCUT2D eigenvalue weighted by atomic mass is 10.2. The van der Waals surface area contributed by atoms with Crippen LogP contribution in [-0.2, 0) is 23.4 Å². The predicted molar refractivity (Wildman–Crippen MR) is 125 cm³/mol. The Hall–Kier alpha value is -2.76. The number of rotatable bonds is 10. The van der Waals surface area contributed by atoms with Crippen LogP contribution in [0.1, 0.15) is 39.0 Å². The fraction of sp³-hybridized carbons (Fsp3) is 0.500. The van der Waals surface area contributed by atoms with E-state index in [4.69, 9.17) is 18.5 Å². The third-order valence-corrected chi connectivity index (χ3v) is 6.74. The summed E-state index contributed by atoms with van der Waals surface area (Å²) in [6, 6.07) is 7.20. The number of carbonyl (C=O) groups excluding carboxylic acids is 1. The summed E-state index contributed by atoms with van der Waals surface area (Å²) in [7, 11) is -4.15. The molecule has 1 fully saturated rings. The second-order valence-corrected chi connectivity index (χ2v) is 10.1. The molecular weight excluding hydrogens is 481 g/mol. The fourth-order valence-corrected chi connectivity index (χ4v) is 4.84. The number of nitrogens with one attached hydrogen (secondary N) is 2. The van der Waals surface area contributed by atoms with E-state index in [2.05, 4.69) is 10.1 Å². The van der Waals surface area contributed by atoms with Gasteiger partial charge in [0, 0.05) is 18.2 Å². The number of hydrogen-bond acceptors (Lipinski definition) is 9. The van der Waals surface area contributed by atoms with Crippen LogP contribution in [0.2, 0.25) is 0 Å². The Morgan fingerprint density at radius 3 is 2.63 bits per heavy atom. The Morgan fingerprint density at radius 1 is 1.29 bits per heavy atom. The van der Waals surface area contributed by atoms with Crippen molar-refractivity contribution < 1.29 is 33.0 Å². The van der Waals surface area contributed by atoms with E-state index in [0.717, 1.165) is 0 Å². The zero-order chi connectivity index (χ0) is 25.8. The smallest absolute Gasteiger partial charge is 0.459 e. The molecule has 2 heterocycles. The number of nitrogens with zero attached hydrogens (tertiary/aromatic N) is 1. The van der Waals surface area contributed by atoms with Crippen molar-refractivity contribution in [2.24, 2.45) is 0 Å². The minimum atomic E-state index is -4.15. The SMILES string of the molecule is Cc1cn([C@H]2CC(O)[C@@H](COP(=O)(N[C@H](C)C(=O)OC(C)C)Oc3ccccc3)O2)c(=O)[nH]c1=O. The molecule has 12 nitrogen and oxygen atoms in total. The van der Waals surface area contributed by atoms with Gasteiger partial charge in [-0.25, -0.2) is 9.36 Å². The Morgan fingerprint density at radius 2 is 1.97 bits per heavy atom. The van der Waals surface area contributed by atoms with Crippen molar-refractivity contribution in [3.8, 4) is 5.75 Å². The van der Waals surface area contributed by atoms with Crippen LogP contribution in [0, 0.1) is 6.92 Å². The highest BCUT2D eigenvalue weighted by Gasteiger charge is 2.39. The summed E-state index contributed by atoms with van der Waals surface area (Å²) in [5.41, 5.74) is -0.897. The molecule has 5 atom stereocenters. The number of aliphatic hydroxyl groups excluding tert-OH is 1. The van der Waals surface area contributed by atoms with Crippen molar-refractivity contribution in [2.75, 3.05) is 6.61 Å². The van der Waals surface area contributed by atoms with E-state index in [9.17, 15) is 24.1 Å². The van der Waals surface area contributed by atoms with E-state index in [1.54, 1.807) is 44.2 Å². The lowest BCUT2D eigenvalue weighted by Crippen LogP contribution is -2.37. The highest BCUT2D eigenvalue weighted by Crippen LogP contribution is 2.45. The number of esters is 1. The molecule has 1 aliphatic rings. The number of carbonyl (C=O) groups is 1. The molecule has 2 aromatic rings. The molecule has 0 radical (unpaired) electrons. The van der Waals surface area contributed by atoms with Gasteiger partial charge in [-0.15, -0.1) is 0 Å². The van der Waals surface area contributed by atoms with Crippen molar-refractivity contribution in [1.29, 1.82) is 0 Å². The van der Waals surface area contributed by atoms with Crippen LogP contribution < -0.4 is 20.9 Å². The second-order valence-electron chi connectivity index (χ2n) is 8.44. The normalized spacial score (nSPS) is 22.5. The van der Waals surface area contributed by atoms with Crippen molar-refractivity contribution in [3.63, 3.8) is 0 Å². The number of para-hydroxylation sites is 1. The van der Waals surface area contributed by atoms with Gasteiger partial charge in [0.05, 0.1) is 18.8 Å². The third-order valence-electron chi connectivity index (χ3n) is 5.10. The first-order valence-corrected chi connectivity index (χ1v) is 12.6. The molecule has 0 aliphatic carbocycles. The van der Waals surface area contributed by atoms with E-state index in [1.807, 2.05) is 0 Å². The Bertz CT molecular complexity index is 1180. The lowest BCUT2D eigenvalue weighted by Gasteiger charge is -2.25. The van der Waals surface area contributed by atoms with Gasteiger partial charge in [0.1, 0.15) is 24.1 Å². The number of H-pyrrole nitrogens is 1. The molecule has 1 aromatic carbocycles. The summed E-state index contributed by atoms with van der Waals surface area (Å²) in [6.45, 7) is 5.99. The molecule has 0 saturated carbocycles. The van der Waals surface area contributed by atoms with Gasteiger partial charge in [0.25, 0.3) is 5.56 Å². The number of aliphatic hydroxyl groups is 1. The minimum absolute atomic E-state index is 0.0355. The van der Waals surface area contributed by atoms with Gasteiger partial charge in [-0.1, -0.05) is 18.2 Å². The number of benzene rings is 1. The second kappa shape index (κ2) is 11.3. The minimum Gasteiger partial charge on any atom is -0.462 e. The summed E-state index contributed by atoms with van der Waals surface area (Å²) in [5, 5.41) is 13.0. The zero-order valence-corrected chi connectivity index (χ0v) is 20.8. The molecule has 192 valence electrons. The number of aromatic amines is 1. The Kier molecular flexibility index (Phi) is 8.68. The summed E-state index contributed by atoms with van der Waals surface area (Å²) in [6.07, 6.45) is -1.90. The van der Waals surface area contributed by atoms with Crippen LogP contribution in [0.4, 0.5) is 0 Å². The predicted octanol–water partition coefficient (Wildman–Crippen LogP) is 1.63. The monoisotopic (exact) mass is 511 g/mol. The van der Waals surface area contributed by atoms with E-state index >= 15 is 0 Å². The molecule has 3 N–H and O–H groups in total. The number of aromatic nitrogens is 2. The Balaban J connectivity index is 1.73. The molecule has 1 saturated heterocycles. The van der Waals surface area contributed by atoms with Gasteiger partial charge in [0.2, 0.25) is 0 Å². The van der Waals surface area contributed by atoms with Gasteiger partial charge in [0.15, 0.2) is 0 Å². The summed E-state index contributed by atoms with van der Waals surface area (Å²) in [4.78, 5) is 38.2. The highest BCUT2D eigenvalue weighted by atomic mass is 31.2. The van der Waals surface area contributed by atoms with Gasteiger partial charge in [-0.05, 0) is 39.8 Å². The molecule has 1 aromatic heterocycles. The molecule has 3 rings (SSSR count). The third kappa shape index (κ3) is 7.12. The number of aryl methyl sites for hydroxylation is 1. The summed E-state index contributed by atoms with van der Waals surface area (Å²) >= 11 is 0. The quantitative estimate of drug-likeness (QED) is 0.316. The van der Waals surface area contributed by atoms with Crippen LogP contribution in [0.3, 0.4) is 0 Å². The molecule has 35 heavy (non-hydrogen) atoms. The maximum Gasteiger partial charge on any atom is 0.459 e. The van der Waals surface area contributed by atoms with Crippen LogP contribution in [0.5, 0.6) is 5.75 Å². The van der Waals surface area contributed by atoms with Crippen molar-refractivity contribution >= 4 is 13.7 Å². The molecule has 0 spiro atoms. The lowest BCUT2D eigenvalue weighted by molar-refractivity contribution is -0.149. The topological polar surface area (TPSA) is 158 Å². The van der Waals surface area contributed by atoms with Crippen molar-refractivity contribution in [2.45, 2.75) is 64.7 Å². The van der Waals surface area contributed by atoms with E-state index < -0.39 is 49.4 Å². The zero-order valence-electron chi connectivity index (χ0n) is 19.9. The van der Waals surface area contributed by atoms with Gasteiger partial charge in [-0.2, -0.15) is 5.09 Å². The fourth-order valence-electron chi connectivity index (χ4n) is 3.34. The van der Waals surface area contributed by atoms with E-state index in [0.29, 0.717) is 5.56 Å². The molecule has 2 unspecified atom stereocenters. The van der Waals surface area contributed by atoms with Crippen molar-refractivity contribution in [3.05, 3.63) is 62.9 Å². The van der Waals surface area contributed by atoms with Crippen LogP contribution in [0.15, 0.2) is 46.1 Å². The maximum atomic E-state index is 13.5. The first kappa shape index (κ1) is 26.8. The molecule has 0 amide bonds. The average Bonchev–Trinajstić information content (AvgIpc) is 3.15. The maximum absolute atomic E-state index is 13.5. The Labute approximate surface area is 201 Å². The average molecular weight is 511 g/mol. The van der Waals surface area contributed by atoms with Crippen molar-refractivity contribution in [1.82, 2.24) is 14.6 Å². The van der Waals surface area contributed by atoms with Crippen LogP contribution in [0.25, 0.3) is 0 Å². The van der Waals surface area contributed by atoms with Gasteiger partial charge >= 0.3 is 19.4 Å². The first-order valence-electron chi connectivity index (χ1n) is 11.1. The van der Waals surface area contributed by atoms with E-state index in [1.165, 1.54) is 24.6 Å². The highest BCUT2D eigenvalue weighted by molar-refractivity contribution is 7.52. The van der Waals surface area contributed by atoms with E-state index in [-0.39, 0.29) is 24.9 Å². The number of hydrogen-bond donors (Lipinski definition) is 3. The summed E-state index contributed by atoms with van der Waals surface area (Å²) < 4.78 is 36.7. The molecule has 13 heteroatoms. The van der Waals surface area contributed by atoms with Gasteiger partial charge < -0.3 is 19.1 Å². The van der Waals surface area contributed by atoms with Crippen LogP contribution >= 0.6 is 7.75 Å².